The number of hydrogen-bond donors (Lipinski definition) is 0. The van der Waals surface area contributed by atoms with Crippen molar-refractivity contribution in [3.05, 3.63) is 0 Å². The predicted molar refractivity (Wildman–Crippen MR) is 87.4 cm³/mol. The van der Waals surface area contributed by atoms with E-state index in [1.54, 1.807) is 0 Å². The smallest absolute Gasteiger partial charge is 0.0267 e. The van der Waals surface area contributed by atoms with E-state index in [4.69, 9.17) is 0 Å². The third-order valence-electron chi connectivity index (χ3n) is 5.30. The molecular weight excluding hydrogens is 228 g/mol. The monoisotopic (exact) mass is 266 g/mol. The normalized spacial score (nSPS) is 28.7. The summed E-state index contributed by atoms with van der Waals surface area (Å²) in [5.41, 5.74) is 0.737. The summed E-state index contributed by atoms with van der Waals surface area (Å²) in [5.74, 6) is 3.72. The summed E-state index contributed by atoms with van der Waals surface area (Å²) in [6, 6.07) is 0. The molecule has 19 heavy (non-hydrogen) atoms. The minimum Gasteiger partial charge on any atom is -0.0654 e. The molecule has 0 aromatic carbocycles. The lowest BCUT2D eigenvalue weighted by Gasteiger charge is -2.52. The van der Waals surface area contributed by atoms with E-state index in [0.29, 0.717) is 0 Å². The first-order chi connectivity index (χ1) is 8.89. The summed E-state index contributed by atoms with van der Waals surface area (Å²) in [6.45, 7) is 14.4. The molecule has 0 aromatic heterocycles. The van der Waals surface area contributed by atoms with Crippen molar-refractivity contribution in [2.24, 2.45) is 29.1 Å². The maximum Gasteiger partial charge on any atom is -0.0267 e. The molecule has 1 rings (SSSR count). The second kappa shape index (κ2) is 7.70. The highest BCUT2D eigenvalue weighted by Crippen LogP contribution is 2.56. The minimum absolute atomic E-state index is 0.737. The molecule has 0 N–H and O–H groups in total. The summed E-state index contributed by atoms with van der Waals surface area (Å²) >= 11 is 0. The minimum atomic E-state index is 0.737. The summed E-state index contributed by atoms with van der Waals surface area (Å²) in [5, 5.41) is 0. The van der Waals surface area contributed by atoms with E-state index in [1.807, 2.05) is 0 Å². The topological polar surface area (TPSA) is 0 Å². The summed E-state index contributed by atoms with van der Waals surface area (Å²) in [4.78, 5) is 0. The Bertz CT molecular complexity index is 240. The molecule has 0 aromatic rings. The predicted octanol–water partition coefficient (Wildman–Crippen LogP) is 6.69. The fourth-order valence-electron chi connectivity index (χ4n) is 4.63. The average molecular weight is 267 g/mol. The molecule has 0 nitrogen and oxygen atoms in total. The van der Waals surface area contributed by atoms with Gasteiger partial charge in [0.05, 0.1) is 0 Å². The SMILES string of the molecule is CCCC1(CC(C)C)CCC1CCC(C)CC(C)C. The van der Waals surface area contributed by atoms with Crippen LogP contribution in [0.2, 0.25) is 0 Å². The molecule has 0 saturated heterocycles. The third-order valence-corrected chi connectivity index (χ3v) is 5.30. The molecule has 3 atom stereocenters. The van der Waals surface area contributed by atoms with Crippen molar-refractivity contribution in [2.75, 3.05) is 0 Å². The van der Waals surface area contributed by atoms with Gasteiger partial charge >= 0.3 is 0 Å². The Hall–Kier alpha value is 0. The van der Waals surface area contributed by atoms with Gasteiger partial charge in [-0.25, -0.2) is 0 Å². The van der Waals surface area contributed by atoms with Crippen molar-refractivity contribution in [3.63, 3.8) is 0 Å². The van der Waals surface area contributed by atoms with Gasteiger partial charge in [-0.1, -0.05) is 54.4 Å². The Morgan fingerprint density at radius 2 is 1.74 bits per heavy atom. The van der Waals surface area contributed by atoms with Crippen LogP contribution in [-0.2, 0) is 0 Å². The average Bonchev–Trinajstić information content (AvgIpc) is 2.25. The molecule has 1 fully saturated rings. The highest BCUT2D eigenvalue weighted by Gasteiger charge is 2.45. The Labute approximate surface area is 122 Å². The van der Waals surface area contributed by atoms with Crippen molar-refractivity contribution in [1.82, 2.24) is 0 Å². The molecule has 0 spiro atoms. The molecule has 0 heterocycles. The maximum absolute atomic E-state index is 2.46. The zero-order chi connectivity index (χ0) is 14.5. The molecular formula is C19H38. The molecule has 0 bridgehead atoms. The van der Waals surface area contributed by atoms with Crippen LogP contribution < -0.4 is 0 Å². The fraction of sp³-hybridized carbons (Fsp3) is 1.00. The van der Waals surface area contributed by atoms with Crippen molar-refractivity contribution in [1.29, 1.82) is 0 Å². The Morgan fingerprint density at radius 1 is 1.05 bits per heavy atom. The Morgan fingerprint density at radius 3 is 2.16 bits per heavy atom. The van der Waals surface area contributed by atoms with Gasteiger partial charge < -0.3 is 0 Å². The zero-order valence-corrected chi connectivity index (χ0v) is 14.5. The van der Waals surface area contributed by atoms with Gasteiger partial charge in [-0.05, 0) is 67.6 Å². The zero-order valence-electron chi connectivity index (χ0n) is 14.5. The maximum atomic E-state index is 2.46. The van der Waals surface area contributed by atoms with Crippen LogP contribution in [0.25, 0.3) is 0 Å². The molecule has 3 unspecified atom stereocenters. The molecule has 1 saturated carbocycles. The van der Waals surface area contributed by atoms with Crippen LogP contribution in [0.5, 0.6) is 0 Å². The van der Waals surface area contributed by atoms with Crippen LogP contribution in [0.15, 0.2) is 0 Å². The van der Waals surface area contributed by atoms with E-state index in [9.17, 15) is 0 Å². The summed E-state index contributed by atoms with van der Waals surface area (Å²) in [7, 11) is 0. The molecule has 1 aliphatic carbocycles. The van der Waals surface area contributed by atoms with Crippen molar-refractivity contribution < 1.29 is 0 Å². The first-order valence-electron chi connectivity index (χ1n) is 8.89. The lowest BCUT2D eigenvalue weighted by atomic mass is 9.53. The molecule has 0 aliphatic heterocycles. The Balaban J connectivity index is 2.43. The van der Waals surface area contributed by atoms with E-state index in [0.717, 1.165) is 29.1 Å². The molecule has 0 heteroatoms. The van der Waals surface area contributed by atoms with Crippen LogP contribution in [0, 0.1) is 29.1 Å². The lowest BCUT2D eigenvalue weighted by Crippen LogP contribution is -2.41. The van der Waals surface area contributed by atoms with Crippen LogP contribution >= 0.6 is 0 Å². The number of hydrogen-bond acceptors (Lipinski definition) is 0. The van der Waals surface area contributed by atoms with Gasteiger partial charge in [-0.15, -0.1) is 0 Å². The lowest BCUT2D eigenvalue weighted by molar-refractivity contribution is -0.0112. The van der Waals surface area contributed by atoms with Gasteiger partial charge in [0.1, 0.15) is 0 Å². The van der Waals surface area contributed by atoms with Crippen molar-refractivity contribution in [3.8, 4) is 0 Å². The largest absolute Gasteiger partial charge is 0.0654 e. The first kappa shape index (κ1) is 17.1. The fourth-order valence-corrected chi connectivity index (χ4v) is 4.63. The van der Waals surface area contributed by atoms with Crippen LogP contribution in [0.3, 0.4) is 0 Å². The van der Waals surface area contributed by atoms with E-state index < -0.39 is 0 Å². The van der Waals surface area contributed by atoms with E-state index in [-0.39, 0.29) is 0 Å². The first-order valence-corrected chi connectivity index (χ1v) is 8.89. The van der Waals surface area contributed by atoms with Crippen molar-refractivity contribution >= 4 is 0 Å². The molecule has 114 valence electrons. The van der Waals surface area contributed by atoms with Gasteiger partial charge in [0.2, 0.25) is 0 Å². The standard InChI is InChI=1S/C19H38/c1-7-11-19(14-16(4)5)12-10-18(19)9-8-17(6)13-15(2)3/h15-18H,7-14H2,1-6H3. The van der Waals surface area contributed by atoms with Gasteiger partial charge in [0.15, 0.2) is 0 Å². The van der Waals surface area contributed by atoms with E-state index in [1.165, 1.54) is 51.4 Å². The number of rotatable bonds is 9. The quantitative estimate of drug-likeness (QED) is 0.436. The van der Waals surface area contributed by atoms with Gasteiger partial charge in [-0.3, -0.25) is 0 Å². The second-order valence-corrected chi connectivity index (χ2v) is 8.26. The highest BCUT2D eigenvalue weighted by molar-refractivity contribution is 4.95. The molecule has 0 radical (unpaired) electrons. The second-order valence-electron chi connectivity index (χ2n) is 8.26. The van der Waals surface area contributed by atoms with E-state index >= 15 is 0 Å². The molecule has 0 amide bonds. The van der Waals surface area contributed by atoms with Crippen molar-refractivity contribution in [2.45, 2.75) is 92.9 Å². The van der Waals surface area contributed by atoms with Crippen LogP contribution in [0.4, 0.5) is 0 Å². The van der Waals surface area contributed by atoms with Gasteiger partial charge in [-0.2, -0.15) is 0 Å². The van der Waals surface area contributed by atoms with Gasteiger partial charge in [0, 0.05) is 0 Å². The van der Waals surface area contributed by atoms with Crippen LogP contribution in [-0.4, -0.2) is 0 Å². The van der Waals surface area contributed by atoms with Crippen LogP contribution in [0.1, 0.15) is 92.9 Å². The highest BCUT2D eigenvalue weighted by atomic mass is 14.5. The molecule has 1 aliphatic rings. The van der Waals surface area contributed by atoms with E-state index in [2.05, 4.69) is 41.5 Å². The Kier molecular flexibility index (Phi) is 6.91. The summed E-state index contributed by atoms with van der Waals surface area (Å²) in [6.07, 6.45) is 11.7. The summed E-state index contributed by atoms with van der Waals surface area (Å²) < 4.78 is 0. The van der Waals surface area contributed by atoms with Gasteiger partial charge in [0.25, 0.3) is 0 Å². The third kappa shape index (κ3) is 5.12.